The standard InChI is InChI=1S/C25H29ClF3N7O3/c1-17(2)15-36(22-20(26)14-31-21(13-30)32-22)33-23(37)19-5-3-18(4-6-19)16-35-9-7-34(8-10-35)11-12-39-24(38)25(27,28)29/h3-6,14,17H,7-12,15-16H2,1-2H3,(H,33,37). The van der Waals surface area contributed by atoms with Crippen molar-refractivity contribution in [3.63, 3.8) is 0 Å². The highest BCUT2D eigenvalue weighted by Gasteiger charge is 2.40. The third-order valence-corrected chi connectivity index (χ3v) is 6.09. The summed E-state index contributed by atoms with van der Waals surface area (Å²) in [5, 5.41) is 10.8. The molecule has 39 heavy (non-hydrogen) atoms. The fraction of sp³-hybridized carbons (Fsp3) is 0.480. The van der Waals surface area contributed by atoms with Crippen LogP contribution in [0.15, 0.2) is 30.5 Å². The Labute approximate surface area is 229 Å². The third-order valence-electron chi connectivity index (χ3n) is 5.82. The molecule has 1 aromatic heterocycles. The Morgan fingerprint density at radius 1 is 1.18 bits per heavy atom. The van der Waals surface area contributed by atoms with Crippen LogP contribution in [0.1, 0.15) is 35.6 Å². The molecule has 1 amide bonds. The number of nitrogens with one attached hydrogen (secondary N) is 1. The van der Waals surface area contributed by atoms with E-state index in [0.717, 1.165) is 5.56 Å². The van der Waals surface area contributed by atoms with Crippen molar-refractivity contribution < 1.29 is 27.5 Å². The van der Waals surface area contributed by atoms with Crippen LogP contribution in [0.4, 0.5) is 19.0 Å². The number of halogens is 4. The van der Waals surface area contributed by atoms with E-state index >= 15 is 0 Å². The maximum atomic E-state index is 13.0. The highest BCUT2D eigenvalue weighted by atomic mass is 35.5. The summed E-state index contributed by atoms with van der Waals surface area (Å²) >= 11 is 6.24. The van der Waals surface area contributed by atoms with Crippen molar-refractivity contribution in [1.29, 1.82) is 5.26 Å². The van der Waals surface area contributed by atoms with Crippen LogP contribution < -0.4 is 10.4 Å². The van der Waals surface area contributed by atoms with Gasteiger partial charge >= 0.3 is 12.1 Å². The van der Waals surface area contributed by atoms with E-state index in [-0.39, 0.29) is 41.6 Å². The number of nitriles is 1. The number of hydrazine groups is 1. The molecule has 14 heteroatoms. The van der Waals surface area contributed by atoms with Gasteiger partial charge in [-0.05, 0) is 23.6 Å². The van der Waals surface area contributed by atoms with E-state index in [9.17, 15) is 22.8 Å². The number of ether oxygens (including phenoxy) is 1. The molecule has 1 N–H and O–H groups in total. The van der Waals surface area contributed by atoms with Gasteiger partial charge in [-0.3, -0.25) is 25.0 Å². The number of piperazine rings is 1. The zero-order valence-electron chi connectivity index (χ0n) is 21.5. The second-order valence-corrected chi connectivity index (χ2v) is 9.78. The minimum absolute atomic E-state index is 0.0625. The van der Waals surface area contributed by atoms with E-state index in [1.165, 1.54) is 11.2 Å². The van der Waals surface area contributed by atoms with Crippen LogP contribution in [-0.2, 0) is 16.1 Å². The summed E-state index contributed by atoms with van der Waals surface area (Å²) in [6.07, 6.45) is -3.66. The molecule has 1 aliphatic heterocycles. The number of hydrogen-bond acceptors (Lipinski definition) is 9. The van der Waals surface area contributed by atoms with Crippen molar-refractivity contribution in [1.82, 2.24) is 25.2 Å². The van der Waals surface area contributed by atoms with Crippen molar-refractivity contribution in [3.05, 3.63) is 52.4 Å². The molecule has 210 valence electrons. The largest absolute Gasteiger partial charge is 0.490 e. The van der Waals surface area contributed by atoms with Crippen LogP contribution >= 0.6 is 11.6 Å². The van der Waals surface area contributed by atoms with Gasteiger partial charge in [0.25, 0.3) is 5.91 Å². The summed E-state index contributed by atoms with van der Waals surface area (Å²) in [7, 11) is 0. The predicted molar refractivity (Wildman–Crippen MR) is 137 cm³/mol. The quantitative estimate of drug-likeness (QED) is 0.342. The summed E-state index contributed by atoms with van der Waals surface area (Å²) in [6.45, 7) is 7.59. The Hall–Kier alpha value is -3.47. The van der Waals surface area contributed by atoms with Crippen molar-refractivity contribution >= 4 is 29.3 Å². The van der Waals surface area contributed by atoms with Gasteiger partial charge in [0.1, 0.15) is 17.7 Å². The number of nitrogens with zero attached hydrogens (tertiary/aromatic N) is 6. The molecule has 2 heterocycles. The first-order valence-corrected chi connectivity index (χ1v) is 12.6. The Bertz CT molecular complexity index is 1180. The maximum absolute atomic E-state index is 13.0. The number of rotatable bonds is 10. The van der Waals surface area contributed by atoms with Crippen LogP contribution in [0.2, 0.25) is 5.02 Å². The van der Waals surface area contributed by atoms with E-state index in [4.69, 9.17) is 16.9 Å². The minimum atomic E-state index is -4.98. The second-order valence-electron chi connectivity index (χ2n) is 9.37. The molecule has 2 aromatic rings. The zero-order chi connectivity index (χ0) is 28.6. The lowest BCUT2D eigenvalue weighted by Gasteiger charge is -2.34. The smallest absolute Gasteiger partial charge is 0.458 e. The van der Waals surface area contributed by atoms with Crippen LogP contribution in [0.5, 0.6) is 0 Å². The molecule has 1 aromatic carbocycles. The van der Waals surface area contributed by atoms with Crippen LogP contribution in [0.25, 0.3) is 0 Å². The maximum Gasteiger partial charge on any atom is 0.490 e. The fourth-order valence-electron chi connectivity index (χ4n) is 3.88. The molecular formula is C25H29ClF3N7O3. The molecule has 3 rings (SSSR count). The van der Waals surface area contributed by atoms with Gasteiger partial charge in [-0.2, -0.15) is 23.4 Å². The van der Waals surface area contributed by atoms with Gasteiger partial charge in [-0.1, -0.05) is 37.6 Å². The number of carbonyl (C=O) groups excluding carboxylic acids is 2. The SMILES string of the molecule is CC(C)CN(NC(=O)c1ccc(CN2CCN(CCOC(=O)C(F)(F)F)CC2)cc1)c1nc(C#N)ncc1Cl. The highest BCUT2D eigenvalue weighted by Crippen LogP contribution is 2.22. The normalized spacial score (nSPS) is 14.6. The number of amides is 1. The number of esters is 1. The van der Waals surface area contributed by atoms with E-state index in [1.807, 2.05) is 36.9 Å². The van der Waals surface area contributed by atoms with Crippen molar-refractivity contribution in [2.45, 2.75) is 26.6 Å². The molecule has 0 saturated carbocycles. The molecule has 0 radical (unpaired) electrons. The Morgan fingerprint density at radius 3 is 2.41 bits per heavy atom. The molecular weight excluding hydrogens is 539 g/mol. The van der Waals surface area contributed by atoms with Gasteiger partial charge in [0.2, 0.25) is 5.82 Å². The molecule has 10 nitrogen and oxygen atoms in total. The Kier molecular flexibility index (Phi) is 10.4. The highest BCUT2D eigenvalue weighted by molar-refractivity contribution is 6.32. The summed E-state index contributed by atoms with van der Waals surface area (Å²) in [5.41, 5.74) is 4.23. The number of anilines is 1. The first-order chi connectivity index (χ1) is 18.5. The molecule has 0 aliphatic carbocycles. The molecule has 0 atom stereocenters. The zero-order valence-corrected chi connectivity index (χ0v) is 22.3. The number of hydrogen-bond donors (Lipinski definition) is 1. The van der Waals surface area contributed by atoms with Crippen LogP contribution in [0, 0.1) is 17.2 Å². The van der Waals surface area contributed by atoms with Gasteiger partial charge < -0.3 is 4.74 Å². The van der Waals surface area contributed by atoms with E-state index < -0.39 is 12.1 Å². The van der Waals surface area contributed by atoms with E-state index in [1.54, 1.807) is 12.1 Å². The Balaban J connectivity index is 1.51. The average molecular weight is 568 g/mol. The van der Waals surface area contributed by atoms with Crippen molar-refractivity contribution in [2.75, 3.05) is 50.9 Å². The summed E-state index contributed by atoms with van der Waals surface area (Å²) in [4.78, 5) is 35.9. The molecule has 1 fully saturated rings. The summed E-state index contributed by atoms with van der Waals surface area (Å²) < 4.78 is 40.9. The number of alkyl halides is 3. The van der Waals surface area contributed by atoms with Crippen LogP contribution in [-0.4, -0.2) is 83.7 Å². The van der Waals surface area contributed by atoms with E-state index in [0.29, 0.717) is 44.8 Å². The number of carbonyl (C=O) groups is 2. The third kappa shape index (κ3) is 9.05. The number of aromatic nitrogens is 2. The van der Waals surface area contributed by atoms with Crippen molar-refractivity contribution in [3.8, 4) is 6.07 Å². The predicted octanol–water partition coefficient (Wildman–Crippen LogP) is 3.03. The lowest BCUT2D eigenvalue weighted by molar-refractivity contribution is -0.200. The molecule has 0 spiro atoms. The lowest BCUT2D eigenvalue weighted by atomic mass is 10.1. The molecule has 1 saturated heterocycles. The van der Waals surface area contributed by atoms with E-state index in [2.05, 4.69) is 25.0 Å². The van der Waals surface area contributed by atoms with Gasteiger partial charge in [0.15, 0.2) is 5.82 Å². The van der Waals surface area contributed by atoms with Crippen molar-refractivity contribution in [2.24, 2.45) is 5.92 Å². The first kappa shape index (κ1) is 30.1. The van der Waals surface area contributed by atoms with Gasteiger partial charge in [-0.15, -0.1) is 0 Å². The lowest BCUT2D eigenvalue weighted by Crippen LogP contribution is -2.47. The topological polar surface area (TPSA) is 115 Å². The molecule has 0 bridgehead atoms. The second kappa shape index (κ2) is 13.5. The molecule has 0 unspecified atom stereocenters. The van der Waals surface area contributed by atoms with Gasteiger partial charge in [0, 0.05) is 51.4 Å². The van der Waals surface area contributed by atoms with Gasteiger partial charge in [0.05, 0.1) is 6.20 Å². The summed E-state index contributed by atoms with van der Waals surface area (Å²) in [6, 6.07) is 9.01. The van der Waals surface area contributed by atoms with Gasteiger partial charge in [-0.25, -0.2) is 9.78 Å². The average Bonchev–Trinajstić information content (AvgIpc) is 2.89. The fourth-order valence-corrected chi connectivity index (χ4v) is 4.07. The monoisotopic (exact) mass is 567 g/mol. The number of benzene rings is 1. The first-order valence-electron chi connectivity index (χ1n) is 12.2. The minimum Gasteiger partial charge on any atom is -0.458 e. The molecule has 1 aliphatic rings. The summed E-state index contributed by atoms with van der Waals surface area (Å²) in [5.74, 6) is -2.21. The Morgan fingerprint density at radius 2 is 1.82 bits per heavy atom. The van der Waals surface area contributed by atoms with Crippen LogP contribution in [0.3, 0.4) is 0 Å².